The molecular formula is C73H130N29O22P. The number of phenols is 1. The van der Waals surface area contributed by atoms with Crippen molar-refractivity contribution in [2.75, 3.05) is 59.0 Å². The van der Waals surface area contributed by atoms with Gasteiger partial charge in [0.15, 0.2) is 29.8 Å². The number of aliphatic imine (C=N–C) groups is 5. The maximum Gasteiger partial charge on any atom is 0.469 e. The number of aliphatic carboxylic acids is 2. The SMILES string of the molecule is CC[C@H](C)[C@H](NC(=O)[C@H](CCC(=O)O)NC(=O)[C@H](CCCN=C(N)N)NC(=O)[C@H](CCCN=C(N)N)NC(=O)[C@@H](N)CCCCN)C(=O)N[C@@H](CC(C)C)C(=O)N[C@@H](CO)C(=O)N[C@@H](CCCN=C(N)N)C(=O)N[C@@H](CCCN=C(N)N)C(=O)N1CCC[C@H]1C(=O)N[C@@H](COP(=O)(O)O)C(=O)N[C@@H](Cc1ccc(O)cc1)C(=O)N[C@@H](CCCN=C(N)N)C(=O)O. The molecule has 704 valence electrons. The Morgan fingerprint density at radius 2 is 0.864 bits per heavy atom. The van der Waals surface area contributed by atoms with Gasteiger partial charge >= 0.3 is 19.8 Å². The quantitative estimate of drug-likeness (QED) is 0.0125. The third-order valence-electron chi connectivity index (χ3n) is 19.3. The lowest BCUT2D eigenvalue weighted by atomic mass is 9.96. The molecule has 0 radical (unpaired) electrons. The molecule has 1 aliphatic heterocycles. The van der Waals surface area contributed by atoms with Crippen LogP contribution in [-0.4, -0.2) is 285 Å². The van der Waals surface area contributed by atoms with E-state index in [9.17, 15) is 97.1 Å². The van der Waals surface area contributed by atoms with Crippen LogP contribution in [-0.2, 0) is 82.6 Å². The number of hydrogen-bond acceptors (Lipinski definition) is 25. The van der Waals surface area contributed by atoms with E-state index in [-0.39, 0.29) is 171 Å². The maximum absolute atomic E-state index is 15.0. The number of nitrogens with one attached hydrogen (secondary N) is 11. The molecule has 0 bridgehead atoms. The zero-order valence-corrected chi connectivity index (χ0v) is 71.6. The number of aromatic hydroxyl groups is 1. The Balaban J connectivity index is 2.63. The first-order valence-corrected chi connectivity index (χ1v) is 42.2. The number of amides is 12. The van der Waals surface area contributed by atoms with E-state index in [1.54, 1.807) is 27.7 Å². The van der Waals surface area contributed by atoms with E-state index in [1.807, 2.05) is 0 Å². The molecular weight excluding hydrogens is 1670 g/mol. The molecule has 12 amide bonds. The highest BCUT2D eigenvalue weighted by Gasteiger charge is 2.42. The molecule has 41 N–H and O–H groups in total. The zero-order valence-electron chi connectivity index (χ0n) is 70.7. The van der Waals surface area contributed by atoms with E-state index in [0.29, 0.717) is 24.9 Å². The predicted molar refractivity (Wildman–Crippen MR) is 457 cm³/mol. The summed E-state index contributed by atoms with van der Waals surface area (Å²) in [5.41, 5.74) is 67.2. The smallest absolute Gasteiger partial charge is 0.469 e. The van der Waals surface area contributed by atoms with Gasteiger partial charge in [-0.15, -0.1) is 0 Å². The van der Waals surface area contributed by atoms with E-state index >= 15 is 4.79 Å². The molecule has 1 heterocycles. The number of carboxylic acids is 2. The number of carbonyl (C=O) groups excluding carboxylic acids is 12. The second-order valence-corrected chi connectivity index (χ2v) is 31.3. The van der Waals surface area contributed by atoms with Gasteiger partial charge in [0.1, 0.15) is 78.3 Å². The monoisotopic (exact) mass is 1800 g/mol. The van der Waals surface area contributed by atoms with Gasteiger partial charge in [-0.2, -0.15) is 0 Å². The number of nitrogens with two attached hydrogens (primary N) is 12. The molecule has 1 aromatic carbocycles. The van der Waals surface area contributed by atoms with Gasteiger partial charge in [0.05, 0.1) is 19.3 Å². The summed E-state index contributed by atoms with van der Waals surface area (Å²) in [5.74, 6) is -18.4. The average molecular weight is 1800 g/mol. The number of unbranched alkanes of at least 4 members (excludes halogenated alkanes) is 1. The number of likely N-dealkylation sites (tertiary alicyclic amines) is 1. The number of nitrogens with zero attached hydrogens (tertiary/aromatic N) is 6. The summed E-state index contributed by atoms with van der Waals surface area (Å²) in [6, 6.07) is -15.7. The van der Waals surface area contributed by atoms with E-state index in [2.05, 4.69) is 88.0 Å². The number of phosphoric ester groups is 1. The molecule has 0 unspecified atom stereocenters. The third-order valence-corrected chi connectivity index (χ3v) is 19.8. The van der Waals surface area contributed by atoms with Gasteiger partial charge in [-0.1, -0.05) is 52.7 Å². The summed E-state index contributed by atoms with van der Waals surface area (Å²) in [5, 5.41) is 68.0. The van der Waals surface area contributed by atoms with Crippen LogP contribution in [0, 0.1) is 11.8 Å². The number of hydrogen-bond donors (Lipinski definition) is 29. The van der Waals surface area contributed by atoms with E-state index in [1.165, 1.54) is 24.3 Å². The number of phosphoric acid groups is 1. The molecule has 0 saturated carbocycles. The number of benzene rings is 1. The molecule has 0 aliphatic carbocycles. The van der Waals surface area contributed by atoms with Crippen LogP contribution in [0.5, 0.6) is 5.75 Å². The largest absolute Gasteiger partial charge is 0.508 e. The van der Waals surface area contributed by atoms with E-state index in [4.69, 9.17) is 68.8 Å². The van der Waals surface area contributed by atoms with Gasteiger partial charge in [0, 0.05) is 52.1 Å². The van der Waals surface area contributed by atoms with Crippen LogP contribution in [0.3, 0.4) is 0 Å². The molecule has 1 saturated heterocycles. The van der Waals surface area contributed by atoms with Crippen molar-refractivity contribution in [3.05, 3.63) is 29.8 Å². The normalized spacial score (nSPS) is 15.5. The van der Waals surface area contributed by atoms with Crippen LogP contribution in [0.15, 0.2) is 49.2 Å². The number of carbonyl (C=O) groups is 14. The van der Waals surface area contributed by atoms with Gasteiger partial charge < -0.3 is 162 Å². The van der Waals surface area contributed by atoms with E-state index < -0.39 is 214 Å². The minimum atomic E-state index is -5.46. The molecule has 0 spiro atoms. The van der Waals surface area contributed by atoms with Gasteiger partial charge in [-0.05, 0) is 139 Å². The summed E-state index contributed by atoms with van der Waals surface area (Å²) in [6.45, 7) is 3.89. The highest BCUT2D eigenvalue weighted by Crippen LogP contribution is 2.36. The molecule has 51 nitrogen and oxygen atoms in total. The van der Waals surface area contributed by atoms with Crippen molar-refractivity contribution in [2.45, 2.75) is 235 Å². The Bertz CT molecular complexity index is 3910. The third kappa shape index (κ3) is 44.2. The number of carboxylic acid groups (broad SMARTS) is 2. The van der Waals surface area contributed by atoms with Gasteiger partial charge in [-0.3, -0.25) is 91.8 Å². The van der Waals surface area contributed by atoms with Crippen LogP contribution in [0.4, 0.5) is 0 Å². The topological polar surface area (TPSA) is 896 Å². The first kappa shape index (κ1) is 109. The van der Waals surface area contributed by atoms with Gasteiger partial charge in [0.25, 0.3) is 0 Å². The van der Waals surface area contributed by atoms with Crippen LogP contribution in [0.2, 0.25) is 0 Å². The fourth-order valence-electron chi connectivity index (χ4n) is 12.5. The lowest BCUT2D eigenvalue weighted by Crippen LogP contribution is -2.62. The minimum Gasteiger partial charge on any atom is -0.508 e. The van der Waals surface area contributed by atoms with Crippen molar-refractivity contribution in [1.82, 2.24) is 63.4 Å². The zero-order chi connectivity index (χ0) is 94.2. The summed E-state index contributed by atoms with van der Waals surface area (Å²) in [6.07, 6.45) is -1.50. The van der Waals surface area contributed by atoms with Gasteiger partial charge in [-0.25, -0.2) is 9.36 Å². The second-order valence-electron chi connectivity index (χ2n) is 30.0. The highest BCUT2D eigenvalue weighted by molar-refractivity contribution is 7.46. The van der Waals surface area contributed by atoms with Crippen molar-refractivity contribution in [3.63, 3.8) is 0 Å². The first-order chi connectivity index (χ1) is 58.8. The molecule has 1 fully saturated rings. The Morgan fingerprint density at radius 3 is 1.30 bits per heavy atom. The lowest BCUT2D eigenvalue weighted by Gasteiger charge is -2.31. The van der Waals surface area contributed by atoms with Crippen molar-refractivity contribution in [1.29, 1.82) is 0 Å². The molecule has 1 aliphatic rings. The minimum absolute atomic E-state index is 0.0272. The summed E-state index contributed by atoms with van der Waals surface area (Å²) in [4.78, 5) is 238. The first-order valence-electron chi connectivity index (χ1n) is 40.7. The van der Waals surface area contributed by atoms with Gasteiger partial charge in [0.2, 0.25) is 70.9 Å². The maximum atomic E-state index is 15.0. The molecule has 14 atom stereocenters. The molecule has 2 rings (SSSR count). The number of aliphatic hydroxyl groups excluding tert-OH is 1. The fourth-order valence-corrected chi connectivity index (χ4v) is 12.9. The second kappa shape index (κ2) is 57.4. The summed E-state index contributed by atoms with van der Waals surface area (Å²) >= 11 is 0. The average Bonchev–Trinajstić information content (AvgIpc) is 1.68. The van der Waals surface area contributed by atoms with Crippen LogP contribution < -0.4 is 127 Å². The Labute approximate surface area is 722 Å². The lowest BCUT2D eigenvalue weighted by molar-refractivity contribution is -0.143. The van der Waals surface area contributed by atoms with Crippen molar-refractivity contribution in [2.24, 2.45) is 106 Å². The number of rotatable bonds is 61. The Hall–Kier alpha value is -12.1. The molecule has 125 heavy (non-hydrogen) atoms. The van der Waals surface area contributed by atoms with Crippen LogP contribution in [0.1, 0.15) is 155 Å². The summed E-state index contributed by atoms with van der Waals surface area (Å²) < 4.78 is 16.8. The van der Waals surface area contributed by atoms with Crippen LogP contribution >= 0.6 is 7.82 Å². The Kier molecular flexibility index (Phi) is 50.0. The standard InChI is InChI=1S/C73H130N29O22P/c1-5-39(4)55(101-60(111)46(25-26-54(105)106)94-58(109)44(16-9-29-87-70(78)79)92-57(108)43(15-8-28-86-69(76)77)91-56(107)42(75)14-6-7-27-74)66(117)98-49(34-38(2)3)61(112)99-51(36-103)63(114)93-45(17-10-30-88-71(80)81)59(110)95-47(18-11-31-89-72(82)83)67(118)102-33-13-20-53(102)65(116)100-52(37-124-125(121,122)123)64(115)97-50(35-40-21-23-41(104)24-22-40)62(113)96-48(68(119)120)19-12-32-90-73(84)85/h21-24,38-39,42-53,55,103-104H,5-20,25-37,74-75H2,1-4H3,(H,91,107)(H,92,108)(H,93,114)(H,94,109)(H,95,110)(H,96,113)(H,97,115)(H,98,117)(H,99,112)(H,100,116)(H,101,111)(H,105,106)(H,119,120)(H4,76,77,86)(H4,78,79,87)(H4,80,81,88)(H4,82,83,89)(H4,84,85,90)(H2,121,122,123)/t39-,42-,43-,44-,45-,46-,47-,48-,49-,50-,51-,52-,53-,55-/m0/s1. The van der Waals surface area contributed by atoms with Crippen molar-refractivity contribution >= 4 is 120 Å². The molecule has 0 aromatic heterocycles. The predicted octanol–water partition coefficient (Wildman–Crippen LogP) is -9.87. The van der Waals surface area contributed by atoms with E-state index in [0.717, 1.165) is 4.90 Å². The summed E-state index contributed by atoms with van der Waals surface area (Å²) in [7, 11) is -5.46. The number of guanidine groups is 5. The fraction of sp³-hybridized carbons (Fsp3) is 0.658. The van der Waals surface area contributed by atoms with Crippen LogP contribution in [0.25, 0.3) is 0 Å². The van der Waals surface area contributed by atoms with Crippen molar-refractivity contribution in [3.8, 4) is 5.75 Å². The molecule has 1 aromatic rings. The molecule has 52 heteroatoms. The van der Waals surface area contributed by atoms with Crippen molar-refractivity contribution < 1.29 is 106 Å². The highest BCUT2D eigenvalue weighted by atomic mass is 31.2. The number of aliphatic hydroxyl groups is 1. The Morgan fingerprint density at radius 1 is 0.480 bits per heavy atom. The number of phenolic OH excluding ortho intramolecular Hbond substituents is 1.